The molecule has 9 heteroatoms. The van der Waals surface area contributed by atoms with Gasteiger partial charge in [0, 0.05) is 23.1 Å². The maximum atomic E-state index is 12.8. The van der Waals surface area contributed by atoms with Gasteiger partial charge < -0.3 is 19.6 Å². The minimum atomic E-state index is -0.975. The number of carbonyl (C=O) groups is 3. The van der Waals surface area contributed by atoms with Crippen molar-refractivity contribution in [3.05, 3.63) is 40.2 Å². The molecule has 0 saturated carbocycles. The summed E-state index contributed by atoms with van der Waals surface area (Å²) in [7, 11) is 0. The van der Waals surface area contributed by atoms with Crippen LogP contribution in [0, 0.1) is 0 Å². The fourth-order valence-corrected chi connectivity index (χ4v) is 3.81. The van der Waals surface area contributed by atoms with Crippen molar-refractivity contribution in [2.24, 2.45) is 0 Å². The first-order chi connectivity index (χ1) is 14.3. The summed E-state index contributed by atoms with van der Waals surface area (Å²) < 4.78 is 10.2. The summed E-state index contributed by atoms with van der Waals surface area (Å²) in [4.78, 5) is 50.1. The number of hydrogen-bond acceptors (Lipinski definition) is 7. The molecule has 1 fully saturated rings. The van der Waals surface area contributed by atoms with Gasteiger partial charge in [0.05, 0.1) is 0 Å². The number of urea groups is 1. The third kappa shape index (κ3) is 4.14. The highest BCUT2D eigenvalue weighted by molar-refractivity contribution is 6.08. The molecule has 2 heterocycles. The van der Waals surface area contributed by atoms with Crippen LogP contribution in [-0.4, -0.2) is 40.0 Å². The SMILES string of the molecule is CCCC1(CCC)NC(=O)N(CC(=O)OCc2cc(=O)oc3cc(O)ccc23)C1=O. The number of imide groups is 1. The molecule has 3 rings (SSSR count). The average Bonchev–Trinajstić information content (AvgIpc) is 2.90. The van der Waals surface area contributed by atoms with Crippen LogP contribution in [0.5, 0.6) is 5.75 Å². The van der Waals surface area contributed by atoms with Gasteiger partial charge in [-0.05, 0) is 25.0 Å². The number of benzene rings is 1. The zero-order chi connectivity index (χ0) is 21.9. The van der Waals surface area contributed by atoms with Gasteiger partial charge >= 0.3 is 17.6 Å². The van der Waals surface area contributed by atoms with E-state index in [2.05, 4.69) is 5.32 Å². The lowest BCUT2D eigenvalue weighted by molar-refractivity contribution is -0.149. The summed E-state index contributed by atoms with van der Waals surface area (Å²) in [5, 5.41) is 12.8. The highest BCUT2D eigenvalue weighted by Crippen LogP contribution is 2.28. The maximum Gasteiger partial charge on any atom is 0.336 e. The van der Waals surface area contributed by atoms with E-state index in [-0.39, 0.29) is 17.9 Å². The van der Waals surface area contributed by atoms with Crippen molar-refractivity contribution in [2.45, 2.75) is 51.7 Å². The zero-order valence-corrected chi connectivity index (χ0v) is 16.9. The zero-order valence-electron chi connectivity index (χ0n) is 16.9. The molecular formula is C21H24N2O7. The van der Waals surface area contributed by atoms with Crippen LogP contribution < -0.4 is 10.9 Å². The Bertz CT molecular complexity index is 1040. The molecule has 2 aromatic rings. The molecule has 30 heavy (non-hydrogen) atoms. The number of phenols is 1. The minimum absolute atomic E-state index is 0.0685. The fourth-order valence-electron chi connectivity index (χ4n) is 3.81. The lowest BCUT2D eigenvalue weighted by Gasteiger charge is -2.25. The lowest BCUT2D eigenvalue weighted by atomic mass is 9.88. The second-order valence-electron chi connectivity index (χ2n) is 7.34. The Labute approximate surface area is 172 Å². The molecule has 0 atom stereocenters. The topological polar surface area (TPSA) is 126 Å². The van der Waals surface area contributed by atoms with E-state index in [0.717, 1.165) is 4.90 Å². The van der Waals surface area contributed by atoms with Crippen molar-refractivity contribution in [3.63, 3.8) is 0 Å². The van der Waals surface area contributed by atoms with Crippen LogP contribution in [0.25, 0.3) is 11.0 Å². The lowest BCUT2D eigenvalue weighted by Crippen LogP contribution is -2.47. The van der Waals surface area contributed by atoms with Crippen LogP contribution in [0.1, 0.15) is 45.1 Å². The largest absolute Gasteiger partial charge is 0.508 e. The molecule has 1 aromatic heterocycles. The van der Waals surface area contributed by atoms with E-state index in [0.29, 0.717) is 36.6 Å². The molecule has 160 valence electrons. The van der Waals surface area contributed by atoms with Crippen molar-refractivity contribution >= 4 is 28.9 Å². The van der Waals surface area contributed by atoms with Crippen molar-refractivity contribution in [1.82, 2.24) is 10.2 Å². The quantitative estimate of drug-likeness (QED) is 0.384. The first-order valence-corrected chi connectivity index (χ1v) is 9.85. The number of aromatic hydroxyl groups is 1. The van der Waals surface area contributed by atoms with E-state index in [1.165, 1.54) is 24.3 Å². The number of nitrogens with one attached hydrogen (secondary N) is 1. The Morgan fingerprint density at radius 1 is 1.17 bits per heavy atom. The van der Waals surface area contributed by atoms with Crippen molar-refractivity contribution in [3.8, 4) is 5.75 Å². The Hall–Kier alpha value is -3.36. The smallest absolute Gasteiger partial charge is 0.336 e. The van der Waals surface area contributed by atoms with Crippen LogP contribution >= 0.6 is 0 Å². The molecule has 0 unspecified atom stereocenters. The first kappa shape index (κ1) is 21.4. The first-order valence-electron chi connectivity index (χ1n) is 9.85. The summed E-state index contributed by atoms with van der Waals surface area (Å²) in [5.41, 5.74) is -1.08. The molecule has 1 aliphatic heterocycles. The van der Waals surface area contributed by atoms with Crippen molar-refractivity contribution < 1.29 is 28.6 Å². The number of phenolic OH excluding ortho intramolecular Hbond substituents is 1. The second-order valence-corrected chi connectivity index (χ2v) is 7.34. The van der Waals surface area contributed by atoms with Gasteiger partial charge in [0.25, 0.3) is 5.91 Å². The Balaban J connectivity index is 1.71. The molecule has 1 aromatic carbocycles. The number of esters is 1. The highest BCUT2D eigenvalue weighted by Gasteiger charge is 2.50. The van der Waals surface area contributed by atoms with Gasteiger partial charge in [-0.3, -0.25) is 14.5 Å². The molecule has 1 aliphatic rings. The van der Waals surface area contributed by atoms with E-state index in [1.807, 2.05) is 13.8 Å². The van der Waals surface area contributed by atoms with Crippen LogP contribution in [0.15, 0.2) is 33.5 Å². The molecule has 0 bridgehead atoms. The number of hydrogen-bond donors (Lipinski definition) is 2. The molecule has 0 aliphatic carbocycles. The third-order valence-corrected chi connectivity index (χ3v) is 5.09. The van der Waals surface area contributed by atoms with Gasteiger partial charge in [-0.15, -0.1) is 0 Å². The average molecular weight is 416 g/mol. The number of rotatable bonds is 8. The van der Waals surface area contributed by atoms with Crippen LogP contribution in [-0.2, 0) is 20.9 Å². The number of fused-ring (bicyclic) bond motifs is 1. The number of amides is 3. The summed E-state index contributed by atoms with van der Waals surface area (Å²) in [6.07, 6.45) is 2.41. The second kappa shape index (κ2) is 8.56. The molecule has 0 radical (unpaired) electrons. The normalized spacial score (nSPS) is 15.5. The van der Waals surface area contributed by atoms with Crippen LogP contribution in [0.2, 0.25) is 0 Å². The molecule has 2 N–H and O–H groups in total. The van der Waals surface area contributed by atoms with E-state index in [1.54, 1.807) is 0 Å². The summed E-state index contributed by atoms with van der Waals surface area (Å²) >= 11 is 0. The van der Waals surface area contributed by atoms with E-state index in [9.17, 15) is 24.3 Å². The van der Waals surface area contributed by atoms with E-state index < -0.39 is 35.6 Å². The number of nitrogens with zero attached hydrogens (tertiary/aromatic N) is 1. The van der Waals surface area contributed by atoms with Gasteiger partial charge in [-0.1, -0.05) is 26.7 Å². The van der Waals surface area contributed by atoms with Crippen LogP contribution in [0.4, 0.5) is 4.79 Å². The summed E-state index contributed by atoms with van der Waals surface area (Å²) in [5.74, 6) is -1.27. The Morgan fingerprint density at radius 2 is 1.87 bits per heavy atom. The Kier molecular flexibility index (Phi) is 6.09. The standard InChI is InChI=1S/C21H24N2O7/c1-3-7-21(8-4-2)19(27)23(20(28)22-21)11-18(26)29-12-13-9-17(25)30-16-10-14(24)5-6-15(13)16/h5-6,9-10,24H,3-4,7-8,11-12H2,1-2H3,(H,22,28). The van der Waals surface area contributed by atoms with Gasteiger partial charge in [0.15, 0.2) is 0 Å². The van der Waals surface area contributed by atoms with E-state index in [4.69, 9.17) is 9.15 Å². The van der Waals surface area contributed by atoms with Crippen molar-refractivity contribution in [1.29, 1.82) is 0 Å². The van der Waals surface area contributed by atoms with Crippen molar-refractivity contribution in [2.75, 3.05) is 6.54 Å². The third-order valence-electron chi connectivity index (χ3n) is 5.09. The fraction of sp³-hybridized carbons (Fsp3) is 0.429. The van der Waals surface area contributed by atoms with Gasteiger partial charge in [-0.2, -0.15) is 0 Å². The van der Waals surface area contributed by atoms with Crippen LogP contribution in [0.3, 0.4) is 0 Å². The van der Waals surface area contributed by atoms with Gasteiger partial charge in [-0.25, -0.2) is 9.59 Å². The molecule has 0 spiro atoms. The predicted octanol–water partition coefficient (Wildman–Crippen LogP) is 2.43. The highest BCUT2D eigenvalue weighted by atomic mass is 16.5. The number of ether oxygens (including phenoxy) is 1. The number of carbonyl (C=O) groups excluding carboxylic acids is 3. The molecule has 3 amide bonds. The van der Waals surface area contributed by atoms with E-state index >= 15 is 0 Å². The molecule has 1 saturated heterocycles. The summed E-state index contributed by atoms with van der Waals surface area (Å²) in [6, 6.07) is 4.82. The minimum Gasteiger partial charge on any atom is -0.508 e. The monoisotopic (exact) mass is 416 g/mol. The van der Waals surface area contributed by atoms with Gasteiger partial charge in [0.1, 0.15) is 30.0 Å². The maximum absolute atomic E-state index is 12.8. The molecular weight excluding hydrogens is 392 g/mol. The van der Waals surface area contributed by atoms with Gasteiger partial charge in [0.2, 0.25) is 0 Å². The predicted molar refractivity (Wildman–Crippen MR) is 107 cm³/mol. The summed E-state index contributed by atoms with van der Waals surface area (Å²) in [6.45, 7) is 3.09. The molecule has 9 nitrogen and oxygen atoms in total. The Morgan fingerprint density at radius 3 is 2.53 bits per heavy atom.